The Morgan fingerprint density at radius 3 is 2.30 bits per heavy atom. The van der Waals surface area contributed by atoms with E-state index in [1.807, 2.05) is 13.0 Å². The topological polar surface area (TPSA) is 9.23 Å². The number of aryl methyl sites for hydroxylation is 1. The Balaban J connectivity index is 2.17. The van der Waals surface area contributed by atoms with Gasteiger partial charge in [0.25, 0.3) is 0 Å². The van der Waals surface area contributed by atoms with Crippen molar-refractivity contribution in [3.05, 3.63) is 50.1 Å². The first-order chi connectivity index (χ1) is 9.26. The highest BCUT2D eigenvalue weighted by Crippen LogP contribution is 2.38. The van der Waals surface area contributed by atoms with E-state index in [4.69, 9.17) is 11.6 Å². The molecule has 1 atom stereocenters. The minimum atomic E-state index is -4.68. The SMILES string of the molecule is Cc1cc(C(Cl)c2ccc(OC(F)(F)F)cc2)sc1Br. The van der Waals surface area contributed by atoms with Gasteiger partial charge in [0.05, 0.1) is 9.16 Å². The number of hydrogen-bond donors (Lipinski definition) is 0. The molecule has 0 fully saturated rings. The Morgan fingerprint density at radius 2 is 1.85 bits per heavy atom. The second kappa shape index (κ2) is 5.95. The molecule has 0 bridgehead atoms. The van der Waals surface area contributed by atoms with Crippen molar-refractivity contribution >= 4 is 38.9 Å². The van der Waals surface area contributed by atoms with E-state index in [2.05, 4.69) is 20.7 Å². The van der Waals surface area contributed by atoms with Gasteiger partial charge in [-0.25, -0.2) is 0 Å². The molecule has 108 valence electrons. The lowest BCUT2D eigenvalue weighted by Gasteiger charge is -2.11. The largest absolute Gasteiger partial charge is 0.573 e. The van der Waals surface area contributed by atoms with E-state index in [0.29, 0.717) is 0 Å². The third-order valence-corrected chi connectivity index (χ3v) is 5.35. The van der Waals surface area contributed by atoms with Gasteiger partial charge in [-0.15, -0.1) is 36.1 Å². The summed E-state index contributed by atoms with van der Waals surface area (Å²) in [7, 11) is 0. The van der Waals surface area contributed by atoms with E-state index in [0.717, 1.165) is 19.8 Å². The fourth-order valence-electron chi connectivity index (χ4n) is 1.61. The summed E-state index contributed by atoms with van der Waals surface area (Å²) in [5.74, 6) is -0.256. The van der Waals surface area contributed by atoms with Gasteiger partial charge >= 0.3 is 6.36 Å². The van der Waals surface area contributed by atoms with E-state index in [1.165, 1.54) is 35.6 Å². The van der Waals surface area contributed by atoms with Gasteiger partial charge in [-0.3, -0.25) is 0 Å². The van der Waals surface area contributed by atoms with Gasteiger partial charge in [-0.1, -0.05) is 12.1 Å². The highest BCUT2D eigenvalue weighted by atomic mass is 79.9. The van der Waals surface area contributed by atoms with Crippen molar-refractivity contribution in [1.82, 2.24) is 0 Å². The van der Waals surface area contributed by atoms with Crippen molar-refractivity contribution in [3.63, 3.8) is 0 Å². The zero-order chi connectivity index (χ0) is 14.9. The molecule has 0 radical (unpaired) electrons. The van der Waals surface area contributed by atoms with E-state index < -0.39 is 11.7 Å². The molecule has 0 saturated heterocycles. The van der Waals surface area contributed by atoms with Crippen LogP contribution in [0.25, 0.3) is 0 Å². The van der Waals surface area contributed by atoms with Gasteiger partial charge in [-0.2, -0.15) is 0 Å². The molecule has 0 N–H and O–H groups in total. The van der Waals surface area contributed by atoms with Gasteiger partial charge in [-0.05, 0) is 52.2 Å². The number of alkyl halides is 4. The van der Waals surface area contributed by atoms with Crippen LogP contribution in [0, 0.1) is 6.92 Å². The van der Waals surface area contributed by atoms with Crippen molar-refractivity contribution in [1.29, 1.82) is 0 Å². The van der Waals surface area contributed by atoms with Crippen LogP contribution in [-0.4, -0.2) is 6.36 Å². The second-order valence-electron chi connectivity index (χ2n) is 4.08. The number of benzene rings is 1. The number of halogens is 5. The molecule has 1 unspecified atom stereocenters. The summed E-state index contributed by atoms with van der Waals surface area (Å²) in [5.41, 5.74) is 1.79. The van der Waals surface area contributed by atoms with E-state index >= 15 is 0 Å². The Bertz CT molecular complexity index is 575. The van der Waals surface area contributed by atoms with E-state index in [9.17, 15) is 13.2 Å². The maximum atomic E-state index is 12.1. The molecular weight excluding hydrogens is 377 g/mol. The fraction of sp³-hybridized carbons (Fsp3) is 0.231. The average molecular weight is 386 g/mol. The summed E-state index contributed by atoms with van der Waals surface area (Å²) in [6.45, 7) is 1.95. The predicted octanol–water partition coefficient (Wildman–Crippen LogP) is 6.05. The lowest BCUT2D eigenvalue weighted by Crippen LogP contribution is -2.17. The maximum Gasteiger partial charge on any atom is 0.573 e. The lowest BCUT2D eigenvalue weighted by atomic mass is 10.1. The van der Waals surface area contributed by atoms with Crippen LogP contribution in [0.4, 0.5) is 13.2 Å². The molecule has 1 aromatic carbocycles. The number of ether oxygens (including phenoxy) is 1. The minimum absolute atomic E-state index is 0.256. The number of thiophene rings is 1. The first kappa shape index (κ1) is 15.7. The third-order valence-electron chi connectivity index (χ3n) is 2.53. The van der Waals surface area contributed by atoms with Crippen LogP contribution in [-0.2, 0) is 0 Å². The highest BCUT2D eigenvalue weighted by molar-refractivity contribution is 9.11. The molecule has 0 spiro atoms. The Labute approximate surface area is 131 Å². The Morgan fingerprint density at radius 1 is 1.25 bits per heavy atom. The molecule has 20 heavy (non-hydrogen) atoms. The maximum absolute atomic E-state index is 12.1. The summed E-state index contributed by atoms with van der Waals surface area (Å²) in [4.78, 5) is 0.931. The molecule has 7 heteroatoms. The predicted molar refractivity (Wildman–Crippen MR) is 77.6 cm³/mol. The van der Waals surface area contributed by atoms with Crippen LogP contribution in [0.1, 0.15) is 21.4 Å². The third kappa shape index (κ3) is 3.90. The molecule has 2 aromatic rings. The van der Waals surface area contributed by atoms with Gasteiger partial charge in [0.15, 0.2) is 0 Å². The summed E-state index contributed by atoms with van der Waals surface area (Å²) in [6, 6.07) is 7.53. The highest BCUT2D eigenvalue weighted by Gasteiger charge is 2.31. The summed E-state index contributed by atoms with van der Waals surface area (Å²) in [5, 5.41) is -0.398. The Kier molecular flexibility index (Phi) is 4.66. The zero-order valence-corrected chi connectivity index (χ0v) is 13.3. The zero-order valence-electron chi connectivity index (χ0n) is 10.2. The van der Waals surface area contributed by atoms with Crippen molar-refractivity contribution < 1.29 is 17.9 Å². The summed E-state index contributed by atoms with van der Waals surface area (Å²) < 4.78 is 41.0. The van der Waals surface area contributed by atoms with Crippen LogP contribution < -0.4 is 4.74 Å². The first-order valence-electron chi connectivity index (χ1n) is 5.52. The molecule has 0 aliphatic rings. The number of rotatable bonds is 3. The fourth-order valence-corrected chi connectivity index (χ4v) is 3.53. The van der Waals surface area contributed by atoms with Crippen LogP contribution in [0.2, 0.25) is 0 Å². The average Bonchev–Trinajstić information content (AvgIpc) is 2.68. The second-order valence-corrected chi connectivity index (χ2v) is 6.92. The van der Waals surface area contributed by atoms with Crippen molar-refractivity contribution in [2.24, 2.45) is 0 Å². The van der Waals surface area contributed by atoms with E-state index in [1.54, 1.807) is 0 Å². The van der Waals surface area contributed by atoms with Crippen LogP contribution in [0.3, 0.4) is 0 Å². The van der Waals surface area contributed by atoms with Crippen molar-refractivity contribution in [3.8, 4) is 5.75 Å². The van der Waals surface area contributed by atoms with Crippen molar-refractivity contribution in [2.45, 2.75) is 18.7 Å². The molecule has 1 nitrogen and oxygen atoms in total. The number of hydrogen-bond acceptors (Lipinski definition) is 2. The van der Waals surface area contributed by atoms with Gasteiger partial charge in [0, 0.05) is 4.88 Å². The van der Waals surface area contributed by atoms with Crippen molar-refractivity contribution in [2.75, 3.05) is 0 Å². The van der Waals surface area contributed by atoms with Gasteiger partial charge < -0.3 is 4.74 Å². The minimum Gasteiger partial charge on any atom is -0.406 e. The molecule has 0 aliphatic carbocycles. The van der Waals surface area contributed by atoms with Crippen LogP contribution >= 0.6 is 38.9 Å². The molecule has 1 aromatic heterocycles. The van der Waals surface area contributed by atoms with Gasteiger partial charge in [0.1, 0.15) is 5.75 Å². The monoisotopic (exact) mass is 384 g/mol. The molecular formula is C13H9BrClF3OS. The molecule has 1 heterocycles. The van der Waals surface area contributed by atoms with E-state index in [-0.39, 0.29) is 5.75 Å². The summed E-state index contributed by atoms with van der Waals surface area (Å²) >= 11 is 11.3. The molecule has 0 aliphatic heterocycles. The lowest BCUT2D eigenvalue weighted by molar-refractivity contribution is -0.274. The molecule has 0 saturated carbocycles. The smallest absolute Gasteiger partial charge is 0.406 e. The van der Waals surface area contributed by atoms with Gasteiger partial charge in [0.2, 0.25) is 0 Å². The standard InChI is InChI=1S/C13H9BrClF3OS/c1-7-6-10(20-12(7)14)11(15)8-2-4-9(5-3-8)19-13(16,17)18/h2-6,11H,1H3. The van der Waals surface area contributed by atoms with Crippen LogP contribution in [0.15, 0.2) is 34.1 Å². The normalized spacial score (nSPS) is 13.3. The van der Waals surface area contributed by atoms with Crippen LogP contribution in [0.5, 0.6) is 5.75 Å². The molecule has 2 rings (SSSR count). The molecule has 0 amide bonds. The first-order valence-corrected chi connectivity index (χ1v) is 7.56. The quantitative estimate of drug-likeness (QED) is 0.585. The summed E-state index contributed by atoms with van der Waals surface area (Å²) in [6.07, 6.45) is -4.68. The Hall–Kier alpha value is -0.720.